The molecule has 17 heteroatoms. The van der Waals surface area contributed by atoms with E-state index in [4.69, 9.17) is 18.5 Å². The molecular formula is C26H29F3N3O10P. The largest absolute Gasteiger partial charge is 0.462 e. The highest BCUT2D eigenvalue weighted by Crippen LogP contribution is 2.49. The predicted molar refractivity (Wildman–Crippen MR) is 144 cm³/mol. The fraction of sp³-hybridized carbons (Fsp3) is 0.423. The molecule has 0 amide bonds. The molecule has 6 atom stereocenters. The van der Waals surface area contributed by atoms with Gasteiger partial charge in [-0.25, -0.2) is 18.1 Å². The molecule has 0 aliphatic carbocycles. The van der Waals surface area contributed by atoms with Crippen LogP contribution in [0.1, 0.15) is 27.0 Å². The highest BCUT2D eigenvalue weighted by Gasteiger charge is 2.61. The Morgan fingerprint density at radius 1 is 1.16 bits per heavy atom. The van der Waals surface area contributed by atoms with E-state index < -0.39 is 80.0 Å². The van der Waals surface area contributed by atoms with Crippen molar-refractivity contribution in [3.63, 3.8) is 0 Å². The molecule has 13 nitrogen and oxygen atoms in total. The average Bonchev–Trinajstić information content (AvgIpc) is 3.19. The number of nitrogens with one attached hydrogen (secondary N) is 2. The summed E-state index contributed by atoms with van der Waals surface area (Å²) in [4.78, 5) is 37.6. The molecule has 0 spiro atoms. The van der Waals surface area contributed by atoms with Crippen molar-refractivity contribution in [2.45, 2.75) is 63.4 Å². The number of ether oxygens (including phenoxy) is 2. The standard InChI is InChI=1S/C26H29F3N3O10P/c1-13(2)40-23(36)14(3)31-43(38,42-17-9-8-15-6-4-5-7-16(15)10-17)39-12-26(24(28)29)20(34)19(33)22(41-26)32-11-18(27)21(35)30-25(32)37/h4-11,13-14,19-20,22,24,33-34H,12H2,1-3H3,(H,31,38)(H,30,35,37). The molecule has 4 rings (SSSR count). The molecule has 0 radical (unpaired) electrons. The Morgan fingerprint density at radius 3 is 2.49 bits per heavy atom. The van der Waals surface area contributed by atoms with E-state index in [1.54, 1.807) is 49.2 Å². The van der Waals surface area contributed by atoms with E-state index in [1.165, 1.54) is 19.1 Å². The van der Waals surface area contributed by atoms with Gasteiger partial charge in [-0.3, -0.25) is 23.7 Å². The summed E-state index contributed by atoms with van der Waals surface area (Å²) in [5.74, 6) is -2.43. The third-order valence-corrected chi connectivity index (χ3v) is 8.11. The first-order chi connectivity index (χ1) is 20.2. The second-order valence-electron chi connectivity index (χ2n) is 10.1. The summed E-state index contributed by atoms with van der Waals surface area (Å²) in [6.45, 7) is 2.96. The maximum atomic E-state index is 14.5. The quantitative estimate of drug-likeness (QED) is 0.180. The van der Waals surface area contributed by atoms with Gasteiger partial charge >= 0.3 is 19.4 Å². The van der Waals surface area contributed by atoms with E-state index in [1.807, 2.05) is 0 Å². The molecule has 1 aliphatic rings. The molecule has 0 bridgehead atoms. The van der Waals surface area contributed by atoms with Crippen LogP contribution in [-0.2, 0) is 23.4 Å². The van der Waals surface area contributed by atoms with Crippen molar-refractivity contribution in [2.75, 3.05) is 6.61 Å². The van der Waals surface area contributed by atoms with Crippen LogP contribution < -0.4 is 20.9 Å². The maximum absolute atomic E-state index is 14.5. The van der Waals surface area contributed by atoms with Gasteiger partial charge in [0, 0.05) is 0 Å². The maximum Gasteiger partial charge on any atom is 0.459 e. The van der Waals surface area contributed by atoms with Gasteiger partial charge in [-0.15, -0.1) is 0 Å². The fourth-order valence-corrected chi connectivity index (χ4v) is 5.83. The van der Waals surface area contributed by atoms with Crippen LogP contribution in [0.3, 0.4) is 0 Å². The van der Waals surface area contributed by atoms with Gasteiger partial charge in [0.05, 0.1) is 18.9 Å². The van der Waals surface area contributed by atoms with Gasteiger partial charge in [-0.05, 0) is 43.7 Å². The number of H-pyrrole nitrogens is 1. The molecule has 1 fully saturated rings. The van der Waals surface area contributed by atoms with Crippen LogP contribution in [0.15, 0.2) is 58.3 Å². The smallest absolute Gasteiger partial charge is 0.459 e. The van der Waals surface area contributed by atoms with E-state index in [2.05, 4.69) is 5.09 Å². The molecule has 234 valence electrons. The Labute approximate surface area is 241 Å². The summed E-state index contributed by atoms with van der Waals surface area (Å²) < 4.78 is 78.4. The topological polar surface area (TPSA) is 178 Å². The zero-order chi connectivity index (χ0) is 31.7. The molecule has 1 saturated heterocycles. The average molecular weight is 631 g/mol. The summed E-state index contributed by atoms with van der Waals surface area (Å²) in [7, 11) is -4.80. The number of esters is 1. The molecule has 4 N–H and O–H groups in total. The summed E-state index contributed by atoms with van der Waals surface area (Å²) in [6.07, 6.45) is -10.8. The van der Waals surface area contributed by atoms with Gasteiger partial charge in [-0.2, -0.15) is 9.48 Å². The number of nitrogens with zero attached hydrogens (tertiary/aromatic N) is 1. The van der Waals surface area contributed by atoms with Crippen LogP contribution in [0.25, 0.3) is 10.8 Å². The number of fused-ring (bicyclic) bond motifs is 1. The highest BCUT2D eigenvalue weighted by molar-refractivity contribution is 7.52. The number of hydrogen-bond donors (Lipinski definition) is 4. The zero-order valence-corrected chi connectivity index (χ0v) is 23.9. The number of alkyl halides is 2. The van der Waals surface area contributed by atoms with Gasteiger partial charge in [-0.1, -0.05) is 30.3 Å². The van der Waals surface area contributed by atoms with Gasteiger partial charge in [0.25, 0.3) is 12.0 Å². The molecular weight excluding hydrogens is 602 g/mol. The van der Waals surface area contributed by atoms with Crippen molar-refractivity contribution in [3.05, 3.63) is 75.3 Å². The van der Waals surface area contributed by atoms with E-state index >= 15 is 0 Å². The van der Waals surface area contributed by atoms with Crippen molar-refractivity contribution < 1.29 is 51.3 Å². The molecule has 1 aliphatic heterocycles. The van der Waals surface area contributed by atoms with Crippen molar-refractivity contribution in [1.82, 2.24) is 14.6 Å². The third-order valence-electron chi connectivity index (χ3n) is 6.49. The van der Waals surface area contributed by atoms with Crippen LogP contribution in [-0.4, -0.2) is 68.7 Å². The summed E-state index contributed by atoms with van der Waals surface area (Å²) in [5, 5.41) is 25.0. The van der Waals surface area contributed by atoms with Crippen molar-refractivity contribution >= 4 is 24.5 Å². The van der Waals surface area contributed by atoms with Crippen LogP contribution >= 0.6 is 7.75 Å². The first-order valence-corrected chi connectivity index (χ1v) is 14.4. The second kappa shape index (κ2) is 12.6. The number of aliphatic hydroxyl groups excluding tert-OH is 2. The van der Waals surface area contributed by atoms with Crippen LogP contribution in [0.2, 0.25) is 0 Å². The third kappa shape index (κ3) is 6.84. The number of carbonyl (C=O) groups is 1. The molecule has 3 aromatic rings. The Morgan fingerprint density at radius 2 is 1.84 bits per heavy atom. The normalized spacial score (nSPS) is 24.3. The number of benzene rings is 2. The number of rotatable bonds is 11. The van der Waals surface area contributed by atoms with Crippen LogP contribution in [0, 0.1) is 5.82 Å². The van der Waals surface area contributed by atoms with Gasteiger partial charge in [0.2, 0.25) is 5.82 Å². The van der Waals surface area contributed by atoms with Gasteiger partial charge in [0.1, 0.15) is 24.0 Å². The number of aromatic nitrogens is 2. The van der Waals surface area contributed by atoms with E-state index in [-0.39, 0.29) is 10.3 Å². The lowest BCUT2D eigenvalue weighted by Gasteiger charge is -2.32. The SMILES string of the molecule is CC(C)OC(=O)C(C)NP(=O)(OCC1(C(F)F)OC(n2cc(F)c(=O)[nH]c2=O)C(O)C1O)Oc1ccc2ccccc2c1. The molecule has 0 saturated carbocycles. The summed E-state index contributed by atoms with van der Waals surface area (Å²) in [6, 6.07) is 10.2. The minimum Gasteiger partial charge on any atom is -0.462 e. The van der Waals surface area contributed by atoms with Gasteiger partial charge < -0.3 is 24.2 Å². The molecule has 43 heavy (non-hydrogen) atoms. The van der Waals surface area contributed by atoms with Crippen molar-refractivity contribution in [3.8, 4) is 5.75 Å². The summed E-state index contributed by atoms with van der Waals surface area (Å²) >= 11 is 0. The number of halogens is 3. The first kappa shape index (κ1) is 32.4. The first-order valence-electron chi connectivity index (χ1n) is 12.9. The molecule has 6 unspecified atom stereocenters. The number of hydrogen-bond acceptors (Lipinski definition) is 10. The molecule has 2 aromatic carbocycles. The zero-order valence-electron chi connectivity index (χ0n) is 23.0. The Kier molecular flexibility index (Phi) is 9.49. The number of carbonyl (C=O) groups excluding carboxylic acids is 1. The Balaban J connectivity index is 1.66. The number of aromatic amines is 1. The van der Waals surface area contributed by atoms with Crippen LogP contribution in [0.4, 0.5) is 13.2 Å². The molecule has 1 aromatic heterocycles. The molecule has 2 heterocycles. The van der Waals surface area contributed by atoms with Crippen molar-refractivity contribution in [1.29, 1.82) is 0 Å². The lowest BCUT2D eigenvalue weighted by atomic mass is 9.96. The lowest BCUT2D eigenvalue weighted by molar-refractivity contribution is -0.193. The van der Waals surface area contributed by atoms with Gasteiger partial charge in [0.15, 0.2) is 11.8 Å². The van der Waals surface area contributed by atoms with E-state index in [9.17, 15) is 42.3 Å². The lowest BCUT2D eigenvalue weighted by Crippen LogP contribution is -2.53. The monoisotopic (exact) mass is 631 g/mol. The predicted octanol–water partition coefficient (Wildman–Crippen LogP) is 2.22. The number of aliphatic hydroxyl groups is 2. The minimum absolute atomic E-state index is 0.0499. The minimum atomic E-state index is -4.80. The second-order valence-corrected chi connectivity index (χ2v) is 11.7. The van der Waals surface area contributed by atoms with E-state index in [0.29, 0.717) is 11.6 Å². The Bertz CT molecular complexity index is 1650. The van der Waals surface area contributed by atoms with Crippen LogP contribution in [0.5, 0.6) is 5.75 Å². The Hall–Kier alpha value is -3.53. The fourth-order valence-electron chi connectivity index (χ4n) is 4.31. The summed E-state index contributed by atoms with van der Waals surface area (Å²) in [5.41, 5.74) is -5.90. The van der Waals surface area contributed by atoms with Crippen molar-refractivity contribution in [2.24, 2.45) is 0 Å². The highest BCUT2D eigenvalue weighted by atomic mass is 31.2. The van der Waals surface area contributed by atoms with E-state index in [0.717, 1.165) is 5.39 Å².